The van der Waals surface area contributed by atoms with Crippen LogP contribution in [0.5, 0.6) is 0 Å². The van der Waals surface area contributed by atoms with Gasteiger partial charge in [0.15, 0.2) is 4.34 Å². The van der Waals surface area contributed by atoms with Gasteiger partial charge in [0.25, 0.3) is 0 Å². The molecule has 0 aliphatic rings. The van der Waals surface area contributed by atoms with Crippen molar-refractivity contribution >= 4 is 57.9 Å². The van der Waals surface area contributed by atoms with Crippen molar-refractivity contribution in [3.63, 3.8) is 0 Å². The SMILES string of the molecule is Cc1nnc(SC(C)C(=O)Nc2cc(Cl)ccc2Cl)s1. The van der Waals surface area contributed by atoms with Crippen LogP contribution in [-0.4, -0.2) is 21.4 Å². The van der Waals surface area contributed by atoms with E-state index in [0.29, 0.717) is 15.7 Å². The Morgan fingerprint density at radius 3 is 2.80 bits per heavy atom. The van der Waals surface area contributed by atoms with Crippen molar-refractivity contribution in [2.24, 2.45) is 0 Å². The first-order chi connectivity index (χ1) is 9.45. The maximum atomic E-state index is 12.1. The Bertz CT molecular complexity index is 633. The first-order valence-corrected chi connectivity index (χ1v) is 8.13. The van der Waals surface area contributed by atoms with E-state index in [1.165, 1.54) is 23.1 Å². The minimum Gasteiger partial charge on any atom is -0.324 e. The third kappa shape index (κ3) is 4.09. The quantitative estimate of drug-likeness (QED) is 0.839. The molecule has 1 unspecified atom stereocenters. The molecule has 20 heavy (non-hydrogen) atoms. The molecule has 1 heterocycles. The first kappa shape index (κ1) is 15.6. The van der Waals surface area contributed by atoms with Crippen LogP contribution in [-0.2, 0) is 4.79 Å². The Hall–Kier alpha value is -0.820. The van der Waals surface area contributed by atoms with Crippen molar-refractivity contribution < 1.29 is 4.79 Å². The topological polar surface area (TPSA) is 54.9 Å². The second kappa shape index (κ2) is 6.76. The minimum atomic E-state index is -0.308. The zero-order chi connectivity index (χ0) is 14.7. The molecule has 1 aromatic carbocycles. The summed E-state index contributed by atoms with van der Waals surface area (Å²) in [7, 11) is 0. The molecule has 4 nitrogen and oxygen atoms in total. The first-order valence-electron chi connectivity index (χ1n) is 5.68. The van der Waals surface area contributed by atoms with Crippen molar-refractivity contribution in [1.82, 2.24) is 10.2 Å². The van der Waals surface area contributed by atoms with Crippen molar-refractivity contribution in [2.45, 2.75) is 23.4 Å². The lowest BCUT2D eigenvalue weighted by atomic mass is 10.3. The number of hydrogen-bond donors (Lipinski definition) is 1. The molecular weight excluding hydrogens is 337 g/mol. The number of halogens is 2. The summed E-state index contributed by atoms with van der Waals surface area (Å²) in [5.41, 5.74) is 0.505. The van der Waals surface area contributed by atoms with Gasteiger partial charge in [-0.25, -0.2) is 0 Å². The van der Waals surface area contributed by atoms with Gasteiger partial charge in [-0.2, -0.15) is 0 Å². The standard InChI is InChI=1S/C12H11Cl2N3OS2/c1-6(19-12-17-16-7(2)20-12)11(18)15-10-5-8(13)3-4-9(10)14/h3-6H,1-2H3,(H,15,18). The van der Waals surface area contributed by atoms with Gasteiger partial charge < -0.3 is 5.32 Å². The van der Waals surface area contributed by atoms with E-state index >= 15 is 0 Å². The number of benzene rings is 1. The van der Waals surface area contributed by atoms with Crippen LogP contribution in [0.3, 0.4) is 0 Å². The molecule has 2 aromatic rings. The van der Waals surface area contributed by atoms with Crippen LogP contribution >= 0.6 is 46.3 Å². The van der Waals surface area contributed by atoms with Crippen LogP contribution in [0.15, 0.2) is 22.5 Å². The van der Waals surface area contributed by atoms with Gasteiger partial charge >= 0.3 is 0 Å². The number of thioether (sulfide) groups is 1. The summed E-state index contributed by atoms with van der Waals surface area (Å²) in [5, 5.41) is 12.2. The van der Waals surface area contributed by atoms with Crippen LogP contribution in [0.25, 0.3) is 0 Å². The number of amides is 1. The summed E-state index contributed by atoms with van der Waals surface area (Å²) in [6.07, 6.45) is 0. The molecule has 0 saturated carbocycles. The molecule has 0 aliphatic carbocycles. The Morgan fingerprint density at radius 1 is 1.40 bits per heavy atom. The summed E-state index contributed by atoms with van der Waals surface area (Å²) in [6.45, 7) is 3.67. The number of nitrogens with one attached hydrogen (secondary N) is 1. The summed E-state index contributed by atoms with van der Waals surface area (Å²) in [6, 6.07) is 4.93. The van der Waals surface area contributed by atoms with Gasteiger partial charge in [-0.1, -0.05) is 46.3 Å². The van der Waals surface area contributed by atoms with Crippen LogP contribution < -0.4 is 5.32 Å². The normalized spacial score (nSPS) is 12.2. The fourth-order valence-corrected chi connectivity index (χ4v) is 3.65. The fraction of sp³-hybridized carbons (Fsp3) is 0.250. The van der Waals surface area contributed by atoms with Crippen LogP contribution in [0, 0.1) is 6.92 Å². The van der Waals surface area contributed by atoms with Gasteiger partial charge in [0.1, 0.15) is 5.01 Å². The lowest BCUT2D eigenvalue weighted by Gasteiger charge is -2.11. The average molecular weight is 348 g/mol. The molecule has 0 bridgehead atoms. The Labute approximate surface area is 134 Å². The third-order valence-electron chi connectivity index (χ3n) is 2.34. The molecule has 0 radical (unpaired) electrons. The molecular formula is C12H11Cl2N3OS2. The molecule has 1 N–H and O–H groups in total. The van der Waals surface area contributed by atoms with E-state index in [1.54, 1.807) is 25.1 Å². The molecule has 0 fully saturated rings. The summed E-state index contributed by atoms with van der Waals surface area (Å²) < 4.78 is 0.766. The van der Waals surface area contributed by atoms with Gasteiger partial charge in [0.05, 0.1) is 16.0 Å². The largest absolute Gasteiger partial charge is 0.324 e. The van der Waals surface area contributed by atoms with Crippen molar-refractivity contribution in [1.29, 1.82) is 0 Å². The van der Waals surface area contributed by atoms with Gasteiger partial charge in [0.2, 0.25) is 5.91 Å². The molecule has 0 spiro atoms. The monoisotopic (exact) mass is 347 g/mol. The minimum absolute atomic E-state index is 0.160. The number of hydrogen-bond acceptors (Lipinski definition) is 5. The number of aromatic nitrogens is 2. The molecule has 0 saturated heterocycles. The molecule has 0 aliphatic heterocycles. The number of aryl methyl sites for hydroxylation is 1. The Kier molecular flexibility index (Phi) is 5.26. The molecule has 106 valence electrons. The highest BCUT2D eigenvalue weighted by Crippen LogP contribution is 2.29. The summed E-state index contributed by atoms with van der Waals surface area (Å²) in [5.74, 6) is -0.160. The molecule has 1 atom stereocenters. The second-order valence-corrected chi connectivity index (χ2v) is 7.57. The predicted octanol–water partition coefficient (Wildman–Crippen LogP) is 4.27. The van der Waals surface area contributed by atoms with E-state index in [1.807, 2.05) is 6.92 Å². The van der Waals surface area contributed by atoms with Gasteiger partial charge in [-0.3, -0.25) is 4.79 Å². The Morgan fingerprint density at radius 2 is 2.15 bits per heavy atom. The van der Waals surface area contributed by atoms with Crippen molar-refractivity contribution in [3.8, 4) is 0 Å². The summed E-state index contributed by atoms with van der Waals surface area (Å²) >= 11 is 14.7. The zero-order valence-corrected chi connectivity index (χ0v) is 13.8. The number of carbonyl (C=O) groups is 1. The van der Waals surface area contributed by atoms with Crippen LogP contribution in [0.2, 0.25) is 10.0 Å². The smallest absolute Gasteiger partial charge is 0.237 e. The van der Waals surface area contributed by atoms with Crippen molar-refractivity contribution in [3.05, 3.63) is 33.3 Å². The van der Waals surface area contributed by atoms with E-state index < -0.39 is 0 Å². The highest BCUT2D eigenvalue weighted by molar-refractivity contribution is 8.02. The number of anilines is 1. The predicted molar refractivity (Wildman–Crippen MR) is 85.1 cm³/mol. The summed E-state index contributed by atoms with van der Waals surface area (Å²) in [4.78, 5) is 12.1. The number of nitrogens with zero attached hydrogens (tertiary/aromatic N) is 2. The highest BCUT2D eigenvalue weighted by Gasteiger charge is 2.17. The van der Waals surface area contributed by atoms with Gasteiger partial charge in [0, 0.05) is 5.02 Å². The second-order valence-electron chi connectivity index (χ2n) is 3.96. The van der Waals surface area contributed by atoms with E-state index in [-0.39, 0.29) is 11.2 Å². The van der Waals surface area contributed by atoms with Crippen LogP contribution in [0.1, 0.15) is 11.9 Å². The molecule has 1 amide bonds. The highest BCUT2D eigenvalue weighted by atomic mass is 35.5. The van der Waals surface area contributed by atoms with Gasteiger partial charge in [-0.05, 0) is 32.0 Å². The maximum absolute atomic E-state index is 12.1. The number of carbonyl (C=O) groups excluding carboxylic acids is 1. The van der Waals surface area contributed by atoms with E-state index in [9.17, 15) is 4.79 Å². The molecule has 1 aromatic heterocycles. The zero-order valence-electron chi connectivity index (χ0n) is 10.7. The van der Waals surface area contributed by atoms with E-state index in [2.05, 4.69) is 15.5 Å². The van der Waals surface area contributed by atoms with Gasteiger partial charge in [-0.15, -0.1) is 10.2 Å². The fourth-order valence-electron chi connectivity index (χ4n) is 1.36. The number of rotatable bonds is 4. The Balaban J connectivity index is 2.02. The average Bonchev–Trinajstić information content (AvgIpc) is 2.79. The third-order valence-corrected chi connectivity index (χ3v) is 4.93. The van der Waals surface area contributed by atoms with Crippen molar-refractivity contribution in [2.75, 3.05) is 5.32 Å². The maximum Gasteiger partial charge on any atom is 0.237 e. The van der Waals surface area contributed by atoms with E-state index in [4.69, 9.17) is 23.2 Å². The van der Waals surface area contributed by atoms with E-state index in [0.717, 1.165) is 9.35 Å². The lowest BCUT2D eigenvalue weighted by Crippen LogP contribution is -2.22. The molecule has 8 heteroatoms. The van der Waals surface area contributed by atoms with Crippen LogP contribution in [0.4, 0.5) is 5.69 Å². The molecule has 2 rings (SSSR count). The lowest BCUT2D eigenvalue weighted by molar-refractivity contribution is -0.115.